The molecule has 0 saturated carbocycles. The van der Waals surface area contributed by atoms with Crippen molar-refractivity contribution in [2.45, 2.75) is 27.7 Å². The third-order valence-electron chi connectivity index (χ3n) is 5.20. The van der Waals surface area contributed by atoms with Gasteiger partial charge in [-0.2, -0.15) is 0 Å². The van der Waals surface area contributed by atoms with Crippen LogP contribution in [-0.4, -0.2) is 39.8 Å². The van der Waals surface area contributed by atoms with Crippen LogP contribution in [0.25, 0.3) is 33.8 Å². The molecule has 4 rings (SSSR count). The summed E-state index contributed by atoms with van der Waals surface area (Å²) < 4.78 is 72.1. The molecule has 0 radical (unpaired) electrons. The molecule has 0 spiro atoms. The fourth-order valence-electron chi connectivity index (χ4n) is 3.68. The average molecular weight is 545 g/mol. The quantitative estimate of drug-likeness (QED) is 0.396. The second-order valence-electron chi connectivity index (χ2n) is 7.09. The topological polar surface area (TPSA) is 105 Å². The Kier molecular flexibility index (Phi) is 7.60. The predicted molar refractivity (Wildman–Crippen MR) is 137 cm³/mol. The fraction of sp³-hybridized carbons (Fsp3) is 0.364. The largest absolute Gasteiger partial charge is 0.396 e. The lowest BCUT2D eigenvalue weighted by Gasteiger charge is -2.11. The zero-order chi connectivity index (χ0) is 24.6. The number of hydrogen-bond acceptors (Lipinski definition) is 8. The van der Waals surface area contributed by atoms with Crippen molar-refractivity contribution in [2.24, 2.45) is 0 Å². The highest BCUT2D eigenvalue weighted by atomic mass is 32.2. The third-order valence-corrected chi connectivity index (χ3v) is 8.50. The van der Waals surface area contributed by atoms with Crippen molar-refractivity contribution in [3.63, 3.8) is 0 Å². The molecule has 0 fully saturated rings. The molecule has 2 aromatic carbocycles. The third kappa shape index (κ3) is 4.36. The maximum absolute atomic E-state index is 12.3. The summed E-state index contributed by atoms with van der Waals surface area (Å²) in [6.45, 7) is 6.92. The lowest BCUT2D eigenvalue weighted by atomic mass is 9.98. The maximum atomic E-state index is 12.3. The van der Waals surface area contributed by atoms with Gasteiger partial charge in [-0.1, -0.05) is 27.7 Å². The van der Waals surface area contributed by atoms with E-state index in [-0.39, 0.29) is 46.0 Å². The molecule has 0 amide bonds. The van der Waals surface area contributed by atoms with Gasteiger partial charge in [0.05, 0.1) is 23.0 Å². The Balaban J connectivity index is 1.94. The highest BCUT2D eigenvalue weighted by Crippen LogP contribution is 2.52. The van der Waals surface area contributed by atoms with Gasteiger partial charge in [-0.3, -0.25) is 0 Å². The van der Waals surface area contributed by atoms with Crippen molar-refractivity contribution < 1.29 is 33.6 Å². The van der Waals surface area contributed by atoms with Crippen molar-refractivity contribution in [3.05, 3.63) is 46.5 Å². The predicted octanol–water partition coefficient (Wildman–Crippen LogP) is 3.92. The van der Waals surface area contributed by atoms with E-state index in [4.69, 9.17) is 16.7 Å². The maximum Gasteiger partial charge on any atom is 0.206 e. The molecule has 2 aliphatic rings. The molecule has 0 aromatic heterocycles. The molecule has 2 aromatic rings. The molecule has 4 unspecified atom stereocenters. The van der Waals surface area contributed by atoms with Gasteiger partial charge in [-0.05, 0) is 24.3 Å². The number of rotatable bonds is 12. The Labute approximate surface area is 208 Å². The molecule has 0 bridgehead atoms. The van der Waals surface area contributed by atoms with Crippen molar-refractivity contribution in [1.29, 1.82) is 0 Å². The van der Waals surface area contributed by atoms with E-state index in [0.717, 1.165) is 0 Å². The van der Waals surface area contributed by atoms with E-state index in [1.54, 1.807) is 52.0 Å². The molecule has 4 atom stereocenters. The monoisotopic (exact) mass is 544 g/mol. The molecule has 0 aliphatic heterocycles. The molecule has 0 N–H and O–H groups in total. The summed E-state index contributed by atoms with van der Waals surface area (Å²) in [6, 6.07) is 7.04. The zero-order valence-corrected chi connectivity index (χ0v) is 22.3. The lowest BCUT2D eigenvalue weighted by molar-refractivity contribution is 0.497. The first-order chi connectivity index (χ1) is 16.3. The van der Waals surface area contributed by atoms with Crippen LogP contribution in [0.15, 0.2) is 24.3 Å². The standard InChI is InChI=1S/C22H24O8S4/c1-5-31(23)27-19-13-9-10-15-18-16(12-11-14(17(13)18)20(19)28-32(24)6-2)22(30-34(26)8-4)21(15)29-33(25)7-3/h9-12H,5-8H2,1-4H3. The van der Waals surface area contributed by atoms with Crippen molar-refractivity contribution in [3.8, 4) is 0 Å². The Hall–Kier alpha value is -2.02. The van der Waals surface area contributed by atoms with Gasteiger partial charge in [0.2, 0.25) is 44.3 Å². The molecular weight excluding hydrogens is 521 g/mol. The Morgan fingerprint density at radius 1 is 0.471 bits per heavy atom. The van der Waals surface area contributed by atoms with E-state index in [1.165, 1.54) is 0 Å². The zero-order valence-electron chi connectivity index (χ0n) is 19.0. The summed E-state index contributed by atoms with van der Waals surface area (Å²) in [5, 5.41) is 1.43. The number of hydrogen-bond donors (Lipinski definition) is 0. The van der Waals surface area contributed by atoms with Gasteiger partial charge in [0.15, 0.2) is 23.0 Å². The highest BCUT2D eigenvalue weighted by molar-refractivity contribution is 7.81. The van der Waals surface area contributed by atoms with Crippen LogP contribution in [0.3, 0.4) is 0 Å². The summed E-state index contributed by atoms with van der Waals surface area (Å²) in [5.74, 6) is 2.02. The molecule has 8 nitrogen and oxygen atoms in total. The van der Waals surface area contributed by atoms with Crippen LogP contribution in [0.4, 0.5) is 0 Å². The van der Waals surface area contributed by atoms with Crippen molar-refractivity contribution in [1.82, 2.24) is 0 Å². The molecule has 0 saturated heterocycles. The SMILES string of the molecule is CCS(=O)OC1=C(OS(=O)CC)c2ccc3c4c(ccc1c24)C(OS(=O)CC)=C3OS(=O)CC. The van der Waals surface area contributed by atoms with Crippen molar-refractivity contribution in [2.75, 3.05) is 23.0 Å². The van der Waals surface area contributed by atoms with E-state index in [1.807, 2.05) is 0 Å². The first-order valence-electron chi connectivity index (χ1n) is 10.7. The van der Waals surface area contributed by atoms with Gasteiger partial charge in [0.1, 0.15) is 0 Å². The molecular formula is C22H24O8S4. The van der Waals surface area contributed by atoms with Crippen LogP contribution in [0.2, 0.25) is 0 Å². The normalized spacial score (nSPS) is 17.6. The van der Waals surface area contributed by atoms with Crippen LogP contribution in [0.1, 0.15) is 49.9 Å². The minimum absolute atomic E-state index is 0.242. The van der Waals surface area contributed by atoms with Crippen LogP contribution >= 0.6 is 0 Å². The lowest BCUT2D eigenvalue weighted by Crippen LogP contribution is -2.04. The number of benzene rings is 2. The van der Waals surface area contributed by atoms with Gasteiger partial charge in [0, 0.05) is 33.0 Å². The Bertz CT molecular complexity index is 1130. The summed E-state index contributed by atoms with van der Waals surface area (Å²) in [6.07, 6.45) is 0. The summed E-state index contributed by atoms with van der Waals surface area (Å²) in [7, 11) is 0. The van der Waals surface area contributed by atoms with Gasteiger partial charge < -0.3 is 16.7 Å². The Morgan fingerprint density at radius 3 is 0.853 bits per heavy atom. The average Bonchev–Trinajstić information content (AvgIpc) is 3.30. The fourth-order valence-corrected chi connectivity index (χ4v) is 5.56. The minimum atomic E-state index is -1.62. The summed E-state index contributed by atoms with van der Waals surface area (Å²) >= 11 is -6.47. The van der Waals surface area contributed by atoms with E-state index in [0.29, 0.717) is 33.0 Å². The molecule has 34 heavy (non-hydrogen) atoms. The van der Waals surface area contributed by atoms with Gasteiger partial charge in [-0.15, -0.1) is 0 Å². The van der Waals surface area contributed by atoms with E-state index >= 15 is 0 Å². The Morgan fingerprint density at radius 2 is 0.676 bits per heavy atom. The summed E-state index contributed by atoms with van der Waals surface area (Å²) in [4.78, 5) is 0. The molecule has 12 heteroatoms. The van der Waals surface area contributed by atoms with Crippen LogP contribution in [0, 0.1) is 0 Å². The summed E-state index contributed by atoms with van der Waals surface area (Å²) in [5.41, 5.74) is 2.48. The van der Waals surface area contributed by atoms with Gasteiger partial charge in [-0.25, -0.2) is 16.8 Å². The molecule has 2 aliphatic carbocycles. The highest BCUT2D eigenvalue weighted by Gasteiger charge is 2.37. The van der Waals surface area contributed by atoms with Crippen LogP contribution in [0.5, 0.6) is 0 Å². The van der Waals surface area contributed by atoms with Gasteiger partial charge in [0.25, 0.3) is 0 Å². The van der Waals surface area contributed by atoms with Crippen LogP contribution in [-0.2, 0) is 61.1 Å². The van der Waals surface area contributed by atoms with Crippen LogP contribution < -0.4 is 0 Å². The smallest absolute Gasteiger partial charge is 0.206 e. The second-order valence-corrected chi connectivity index (χ2v) is 12.5. The van der Waals surface area contributed by atoms with E-state index in [2.05, 4.69) is 0 Å². The van der Waals surface area contributed by atoms with Crippen molar-refractivity contribution >= 4 is 78.1 Å². The second kappa shape index (κ2) is 10.3. The van der Waals surface area contributed by atoms with Gasteiger partial charge >= 0.3 is 0 Å². The van der Waals surface area contributed by atoms with E-state index in [9.17, 15) is 16.8 Å². The van der Waals surface area contributed by atoms with E-state index < -0.39 is 44.3 Å². The first-order valence-corrected chi connectivity index (χ1v) is 15.7. The molecule has 184 valence electrons. The molecule has 0 heterocycles. The first kappa shape index (κ1) is 25.1. The minimum Gasteiger partial charge on any atom is -0.396 e.